The van der Waals surface area contributed by atoms with Gasteiger partial charge in [-0.3, -0.25) is 4.79 Å². The van der Waals surface area contributed by atoms with Crippen LogP contribution in [0, 0.1) is 3.57 Å². The zero-order chi connectivity index (χ0) is 10.1. The molecule has 2 rings (SSSR count). The van der Waals surface area contributed by atoms with Gasteiger partial charge in [-0.05, 0) is 40.8 Å². The van der Waals surface area contributed by atoms with Crippen LogP contribution in [0.3, 0.4) is 0 Å². The molecular formula is C10H9IN2O. The monoisotopic (exact) mass is 300 g/mol. The van der Waals surface area contributed by atoms with Gasteiger partial charge in [0.1, 0.15) is 0 Å². The van der Waals surface area contributed by atoms with Crippen LogP contribution in [-0.4, -0.2) is 17.3 Å². The second kappa shape index (κ2) is 3.70. The number of aromatic amines is 1. The Morgan fingerprint density at radius 1 is 1.50 bits per heavy atom. The van der Waals surface area contributed by atoms with Crippen molar-refractivity contribution < 1.29 is 4.79 Å². The van der Waals surface area contributed by atoms with E-state index in [9.17, 15) is 4.79 Å². The normalized spacial score (nSPS) is 10.7. The lowest BCUT2D eigenvalue weighted by Crippen LogP contribution is -2.12. The minimum atomic E-state index is -0.0294. The lowest BCUT2D eigenvalue weighted by atomic mass is 10.1. The molecule has 0 unspecified atom stereocenters. The Kier molecular flexibility index (Phi) is 2.56. The van der Waals surface area contributed by atoms with Crippen LogP contribution in [0.2, 0.25) is 0 Å². The number of carbonyl (C=O) groups excluding carboxylic acids is 1. The number of aromatic nitrogens is 1. The number of carbonyl (C=O) groups is 1. The van der Waals surface area contributed by atoms with Gasteiger partial charge < -0.3 is 10.7 Å². The Labute approximate surface area is 94.8 Å². The van der Waals surface area contributed by atoms with Gasteiger partial charge in [0, 0.05) is 26.2 Å². The molecule has 14 heavy (non-hydrogen) atoms. The van der Waals surface area contributed by atoms with E-state index < -0.39 is 0 Å². The molecule has 0 saturated carbocycles. The fraction of sp³-hybridized carbons (Fsp3) is 0.100. The summed E-state index contributed by atoms with van der Waals surface area (Å²) in [7, 11) is 0. The number of rotatable bonds is 2. The number of nitrogens with one attached hydrogen (secondary N) is 1. The number of halogens is 1. The summed E-state index contributed by atoms with van der Waals surface area (Å²) >= 11 is 2.22. The summed E-state index contributed by atoms with van der Waals surface area (Å²) in [6, 6.07) is 5.94. The van der Waals surface area contributed by atoms with Gasteiger partial charge in [0.2, 0.25) is 0 Å². The van der Waals surface area contributed by atoms with Gasteiger partial charge in [-0.2, -0.15) is 0 Å². The third-order valence-corrected chi connectivity index (χ3v) is 2.80. The molecule has 0 amide bonds. The van der Waals surface area contributed by atoms with Crippen LogP contribution in [-0.2, 0) is 0 Å². The molecule has 0 aliphatic heterocycles. The molecule has 1 aromatic carbocycles. The molecular weight excluding hydrogens is 291 g/mol. The minimum Gasteiger partial charge on any atom is -0.360 e. The molecule has 0 aliphatic rings. The van der Waals surface area contributed by atoms with Crippen molar-refractivity contribution in [2.75, 3.05) is 6.54 Å². The summed E-state index contributed by atoms with van der Waals surface area (Å²) in [5.74, 6) is -0.0294. The molecule has 0 atom stereocenters. The molecule has 0 aliphatic carbocycles. The van der Waals surface area contributed by atoms with Crippen molar-refractivity contribution in [3.8, 4) is 0 Å². The number of benzene rings is 1. The summed E-state index contributed by atoms with van der Waals surface area (Å²) in [5, 5.41) is 0.951. The maximum absolute atomic E-state index is 11.5. The van der Waals surface area contributed by atoms with Crippen molar-refractivity contribution in [3.63, 3.8) is 0 Å². The average Bonchev–Trinajstić information content (AvgIpc) is 2.59. The fourth-order valence-electron chi connectivity index (χ4n) is 1.43. The highest BCUT2D eigenvalue weighted by Crippen LogP contribution is 2.20. The first-order chi connectivity index (χ1) is 6.72. The van der Waals surface area contributed by atoms with Crippen LogP contribution in [0.4, 0.5) is 0 Å². The van der Waals surface area contributed by atoms with Crippen molar-refractivity contribution in [1.29, 1.82) is 0 Å². The second-order valence-electron chi connectivity index (χ2n) is 3.02. The van der Waals surface area contributed by atoms with Crippen LogP contribution < -0.4 is 5.73 Å². The van der Waals surface area contributed by atoms with E-state index in [4.69, 9.17) is 5.73 Å². The Hall–Kier alpha value is -0.880. The van der Waals surface area contributed by atoms with E-state index >= 15 is 0 Å². The number of ketones is 1. The van der Waals surface area contributed by atoms with E-state index in [1.165, 1.54) is 0 Å². The highest BCUT2D eigenvalue weighted by molar-refractivity contribution is 14.1. The third kappa shape index (κ3) is 1.55. The number of hydrogen-bond acceptors (Lipinski definition) is 2. The molecule has 72 valence electrons. The zero-order valence-electron chi connectivity index (χ0n) is 7.38. The molecule has 0 fully saturated rings. The Bertz CT molecular complexity index is 490. The molecule has 2 aromatic rings. The molecule has 1 aromatic heterocycles. The molecule has 4 heteroatoms. The summed E-state index contributed by atoms with van der Waals surface area (Å²) in [4.78, 5) is 14.5. The third-order valence-electron chi connectivity index (χ3n) is 2.13. The first-order valence-corrected chi connectivity index (χ1v) is 5.30. The maximum Gasteiger partial charge on any atom is 0.178 e. The summed E-state index contributed by atoms with van der Waals surface area (Å²) in [6.45, 7) is 0.0540. The van der Waals surface area contributed by atoms with Gasteiger partial charge in [-0.25, -0.2) is 0 Å². The first-order valence-electron chi connectivity index (χ1n) is 4.22. The fourth-order valence-corrected chi connectivity index (χ4v) is 1.92. The second-order valence-corrected chi connectivity index (χ2v) is 4.27. The molecule has 0 bridgehead atoms. The maximum atomic E-state index is 11.5. The quantitative estimate of drug-likeness (QED) is 0.657. The SMILES string of the molecule is NCC(=O)c1c[nH]c2ccc(I)cc12. The van der Waals surface area contributed by atoms with Gasteiger partial charge in [0.05, 0.1) is 6.54 Å². The average molecular weight is 300 g/mol. The van der Waals surface area contributed by atoms with Crippen molar-refractivity contribution >= 4 is 39.3 Å². The van der Waals surface area contributed by atoms with E-state index in [2.05, 4.69) is 27.6 Å². The summed E-state index contributed by atoms with van der Waals surface area (Å²) in [6.07, 6.45) is 1.72. The van der Waals surface area contributed by atoms with E-state index in [1.54, 1.807) is 6.20 Å². The molecule has 3 N–H and O–H groups in total. The summed E-state index contributed by atoms with van der Waals surface area (Å²) in [5.41, 5.74) is 6.98. The predicted molar refractivity (Wildman–Crippen MR) is 64.4 cm³/mol. The molecule has 0 spiro atoms. The standard InChI is InChI=1S/C10H9IN2O/c11-6-1-2-9-7(3-6)8(5-13-9)10(14)4-12/h1-3,5,13H,4,12H2. The minimum absolute atomic E-state index is 0.0294. The van der Waals surface area contributed by atoms with Crippen LogP contribution >= 0.6 is 22.6 Å². The van der Waals surface area contributed by atoms with Crippen molar-refractivity contribution in [2.45, 2.75) is 0 Å². The molecule has 0 radical (unpaired) electrons. The molecule has 3 nitrogen and oxygen atoms in total. The van der Waals surface area contributed by atoms with Gasteiger partial charge in [-0.1, -0.05) is 0 Å². The summed E-state index contributed by atoms with van der Waals surface area (Å²) < 4.78 is 1.11. The number of Topliss-reactive ketones (excluding diaryl/α,β-unsaturated/α-hetero) is 1. The van der Waals surface area contributed by atoms with E-state index in [0.29, 0.717) is 5.56 Å². The van der Waals surface area contributed by atoms with Gasteiger partial charge in [0.15, 0.2) is 5.78 Å². The van der Waals surface area contributed by atoms with Crippen LogP contribution in [0.25, 0.3) is 10.9 Å². The van der Waals surface area contributed by atoms with Crippen LogP contribution in [0.5, 0.6) is 0 Å². The zero-order valence-corrected chi connectivity index (χ0v) is 9.54. The number of nitrogens with two attached hydrogens (primary N) is 1. The van der Waals surface area contributed by atoms with Crippen molar-refractivity contribution in [1.82, 2.24) is 4.98 Å². The van der Waals surface area contributed by atoms with Gasteiger partial charge in [0.25, 0.3) is 0 Å². The van der Waals surface area contributed by atoms with E-state index in [1.807, 2.05) is 18.2 Å². The van der Waals surface area contributed by atoms with Gasteiger partial charge in [-0.15, -0.1) is 0 Å². The Balaban J connectivity index is 2.67. The van der Waals surface area contributed by atoms with Crippen LogP contribution in [0.1, 0.15) is 10.4 Å². The van der Waals surface area contributed by atoms with Crippen molar-refractivity contribution in [3.05, 3.63) is 33.5 Å². The molecule has 0 saturated heterocycles. The Morgan fingerprint density at radius 2 is 2.29 bits per heavy atom. The van der Waals surface area contributed by atoms with Gasteiger partial charge >= 0.3 is 0 Å². The lowest BCUT2D eigenvalue weighted by molar-refractivity contribution is 0.100. The lowest BCUT2D eigenvalue weighted by Gasteiger charge is -1.95. The predicted octanol–water partition coefficient (Wildman–Crippen LogP) is 1.91. The highest BCUT2D eigenvalue weighted by atomic mass is 127. The largest absolute Gasteiger partial charge is 0.360 e. The number of fused-ring (bicyclic) bond motifs is 1. The van der Waals surface area contributed by atoms with Crippen molar-refractivity contribution in [2.24, 2.45) is 5.73 Å². The van der Waals surface area contributed by atoms with Crippen LogP contribution in [0.15, 0.2) is 24.4 Å². The van der Waals surface area contributed by atoms with E-state index in [-0.39, 0.29) is 12.3 Å². The number of H-pyrrole nitrogens is 1. The Morgan fingerprint density at radius 3 is 3.00 bits per heavy atom. The topological polar surface area (TPSA) is 58.9 Å². The first kappa shape index (κ1) is 9.67. The highest BCUT2D eigenvalue weighted by Gasteiger charge is 2.09. The van der Waals surface area contributed by atoms with E-state index in [0.717, 1.165) is 14.5 Å². The number of hydrogen-bond donors (Lipinski definition) is 2. The molecule has 1 heterocycles. The smallest absolute Gasteiger partial charge is 0.178 e.